The van der Waals surface area contributed by atoms with E-state index < -0.39 is 8.07 Å². The average Bonchev–Trinajstić information content (AvgIpc) is 3.90. The number of hydrogen-bond acceptors (Lipinski definition) is 3. The summed E-state index contributed by atoms with van der Waals surface area (Å²) in [5.41, 5.74) is 16.9. The summed E-state index contributed by atoms with van der Waals surface area (Å²) >= 11 is 0. The number of imidazole rings is 1. The van der Waals surface area contributed by atoms with Crippen molar-refractivity contribution in [3.63, 3.8) is 0 Å². The van der Waals surface area contributed by atoms with Crippen LogP contribution in [-0.4, -0.2) is 22.6 Å². The molecule has 11 aromatic rings. The molecule has 0 atom stereocenters. The van der Waals surface area contributed by atoms with Crippen LogP contribution in [0.15, 0.2) is 199 Å². The Morgan fingerprint density at radius 1 is 0.569 bits per heavy atom. The van der Waals surface area contributed by atoms with Gasteiger partial charge in [0.25, 0.3) is 0 Å². The largest absolute Gasteiger partial charge is 0.501 e. The van der Waals surface area contributed by atoms with Crippen LogP contribution < -0.4 is 5.19 Å². The standard InChI is InChI=1S/C45H31N2O.C14H16NSi.Ir/c1-29-14-11-15-30(2)42(29)33-26-27-36-37-22-13-23-38(44(37)48-41(36)28-33)45-46-39-24-9-10-25-40(39)47(45)43-34(31-16-5-3-6-17-31)20-12-21-35(43)32-18-7-4-8-19-32;1-16(2,3)13-9-10-14(15-11-13)12-7-5-4-6-8-12;/h3-22,24-28H,1-2H3;4-7,9-11H,1-3H3;/q2*-1;. The topological polar surface area (TPSA) is 43.9 Å². The first-order valence-corrected chi connectivity index (χ1v) is 25.3. The molecule has 65 heavy (non-hydrogen) atoms. The molecular formula is C59H47IrN3OSi-2. The Bertz CT molecular complexity index is 3350. The summed E-state index contributed by atoms with van der Waals surface area (Å²) in [5, 5.41) is 3.52. The molecule has 0 N–H and O–H groups in total. The minimum Gasteiger partial charge on any atom is -0.501 e. The molecular weight excluding hydrogens is 987 g/mol. The molecule has 0 saturated carbocycles. The van der Waals surface area contributed by atoms with Crippen molar-refractivity contribution >= 4 is 46.2 Å². The number of furan rings is 1. The monoisotopic (exact) mass is 1030 g/mol. The Balaban J connectivity index is 0.000000266. The second kappa shape index (κ2) is 18.3. The average molecular weight is 1030 g/mol. The summed E-state index contributed by atoms with van der Waals surface area (Å²) in [6, 6.07) is 72.2. The van der Waals surface area contributed by atoms with Gasteiger partial charge in [0.15, 0.2) is 0 Å². The number of aromatic nitrogens is 3. The smallest absolute Gasteiger partial charge is 0.121 e. The van der Waals surface area contributed by atoms with Gasteiger partial charge in [-0.05, 0) is 76.3 Å². The van der Waals surface area contributed by atoms with Gasteiger partial charge in [0.1, 0.15) is 5.58 Å². The number of rotatable bonds is 7. The van der Waals surface area contributed by atoms with Crippen LogP contribution in [0.5, 0.6) is 0 Å². The van der Waals surface area contributed by atoms with Crippen LogP contribution in [0, 0.1) is 26.0 Å². The third kappa shape index (κ3) is 8.45. The molecule has 3 heterocycles. The number of fused-ring (bicyclic) bond motifs is 4. The third-order valence-corrected chi connectivity index (χ3v) is 14.1. The van der Waals surface area contributed by atoms with E-state index in [0.29, 0.717) is 0 Å². The molecule has 4 nitrogen and oxygen atoms in total. The quantitative estimate of drug-likeness (QED) is 0.118. The second-order valence-corrected chi connectivity index (χ2v) is 22.4. The van der Waals surface area contributed by atoms with E-state index in [9.17, 15) is 0 Å². The summed E-state index contributed by atoms with van der Waals surface area (Å²) in [5.74, 6) is 0.788. The van der Waals surface area contributed by atoms with Gasteiger partial charge in [-0.25, -0.2) is 0 Å². The Kier molecular flexibility index (Phi) is 12.2. The fourth-order valence-electron chi connectivity index (χ4n) is 8.79. The van der Waals surface area contributed by atoms with E-state index in [1.807, 2.05) is 42.6 Å². The number of benzene rings is 8. The van der Waals surface area contributed by atoms with Crippen molar-refractivity contribution in [3.8, 4) is 61.7 Å². The number of pyridine rings is 1. The van der Waals surface area contributed by atoms with E-state index in [2.05, 4.69) is 207 Å². The molecule has 11 rings (SSSR count). The van der Waals surface area contributed by atoms with E-state index in [1.165, 1.54) is 21.9 Å². The Morgan fingerprint density at radius 3 is 1.88 bits per heavy atom. The van der Waals surface area contributed by atoms with Crippen LogP contribution >= 0.6 is 0 Å². The molecule has 0 unspecified atom stereocenters. The van der Waals surface area contributed by atoms with Gasteiger partial charge in [-0.2, -0.15) is 0 Å². The second-order valence-electron chi connectivity index (χ2n) is 17.3. The van der Waals surface area contributed by atoms with Gasteiger partial charge < -0.3 is 14.0 Å². The predicted octanol–water partition coefficient (Wildman–Crippen LogP) is 15.1. The minimum absolute atomic E-state index is 0. The fraction of sp³-hybridized carbons (Fsp3) is 0.0847. The number of aryl methyl sites for hydroxylation is 2. The Labute approximate surface area is 395 Å². The van der Waals surface area contributed by atoms with E-state index in [4.69, 9.17) is 9.40 Å². The molecule has 8 aromatic carbocycles. The van der Waals surface area contributed by atoms with Crippen LogP contribution in [0.3, 0.4) is 0 Å². The molecule has 6 heteroatoms. The van der Waals surface area contributed by atoms with Gasteiger partial charge in [-0.15, -0.1) is 54.1 Å². The fourth-order valence-corrected chi connectivity index (χ4v) is 9.82. The SMILES string of the molecule is C[Si](C)(C)c1ccc(-c2[c-]cccc2)nc1.Cc1cccc(C)c1-c1ccc2c(c1)oc1c(-c3nc4ccccc4n3-c3c(-c4ccccc4)cccc3-c3ccccc3)[c-]ccc12.[Ir]. The van der Waals surface area contributed by atoms with Gasteiger partial charge in [-0.3, -0.25) is 4.98 Å². The maximum Gasteiger partial charge on any atom is 0.121 e. The van der Waals surface area contributed by atoms with Gasteiger partial charge >= 0.3 is 0 Å². The molecule has 0 aliphatic rings. The molecule has 0 saturated heterocycles. The van der Waals surface area contributed by atoms with Crippen molar-refractivity contribution in [1.29, 1.82) is 0 Å². The van der Waals surface area contributed by atoms with Gasteiger partial charge in [0, 0.05) is 42.8 Å². The van der Waals surface area contributed by atoms with Crippen molar-refractivity contribution in [2.24, 2.45) is 0 Å². The van der Waals surface area contributed by atoms with Crippen LogP contribution in [-0.2, 0) is 20.1 Å². The number of para-hydroxylation sites is 3. The van der Waals surface area contributed by atoms with Crippen molar-refractivity contribution in [1.82, 2.24) is 14.5 Å². The molecule has 0 spiro atoms. The first-order valence-electron chi connectivity index (χ1n) is 21.8. The summed E-state index contributed by atoms with van der Waals surface area (Å²) < 4.78 is 9.12. The van der Waals surface area contributed by atoms with Crippen LogP contribution in [0.1, 0.15) is 11.1 Å². The maximum absolute atomic E-state index is 6.81. The molecule has 3 aromatic heterocycles. The minimum atomic E-state index is -1.23. The number of nitrogens with zero attached hydrogens (tertiary/aromatic N) is 3. The molecule has 0 aliphatic carbocycles. The molecule has 319 valence electrons. The van der Waals surface area contributed by atoms with Crippen LogP contribution in [0.4, 0.5) is 0 Å². The van der Waals surface area contributed by atoms with Crippen LogP contribution in [0.2, 0.25) is 19.6 Å². The van der Waals surface area contributed by atoms with Crippen molar-refractivity contribution in [2.75, 3.05) is 0 Å². The summed E-state index contributed by atoms with van der Waals surface area (Å²) in [4.78, 5) is 9.83. The van der Waals surface area contributed by atoms with E-state index in [1.54, 1.807) is 0 Å². The van der Waals surface area contributed by atoms with Gasteiger partial charge in [0.2, 0.25) is 0 Å². The van der Waals surface area contributed by atoms with Crippen molar-refractivity contribution < 1.29 is 24.5 Å². The van der Waals surface area contributed by atoms with E-state index in [0.717, 1.165) is 89.1 Å². The summed E-state index contributed by atoms with van der Waals surface area (Å²) in [7, 11) is -1.23. The zero-order valence-corrected chi connectivity index (χ0v) is 40.5. The summed E-state index contributed by atoms with van der Waals surface area (Å²) in [6.45, 7) is 11.3. The number of hydrogen-bond donors (Lipinski definition) is 0. The molecule has 0 aliphatic heterocycles. The Hall–Kier alpha value is -6.95. The van der Waals surface area contributed by atoms with Crippen LogP contribution in [0.25, 0.3) is 94.7 Å². The van der Waals surface area contributed by atoms with Gasteiger partial charge in [0.05, 0.1) is 36.2 Å². The molecule has 1 radical (unpaired) electrons. The third-order valence-electron chi connectivity index (χ3n) is 12.0. The van der Waals surface area contributed by atoms with Crippen molar-refractivity contribution in [3.05, 3.63) is 218 Å². The molecule has 0 bridgehead atoms. The zero-order valence-electron chi connectivity index (χ0n) is 37.1. The predicted molar refractivity (Wildman–Crippen MR) is 270 cm³/mol. The Morgan fingerprint density at radius 2 is 1.23 bits per heavy atom. The first-order chi connectivity index (χ1) is 31.2. The van der Waals surface area contributed by atoms with E-state index in [-0.39, 0.29) is 20.1 Å². The zero-order chi connectivity index (χ0) is 43.8. The van der Waals surface area contributed by atoms with Gasteiger partial charge in [-0.1, -0.05) is 164 Å². The van der Waals surface area contributed by atoms with Crippen molar-refractivity contribution in [2.45, 2.75) is 33.5 Å². The normalized spacial score (nSPS) is 11.3. The summed E-state index contributed by atoms with van der Waals surface area (Å²) in [6.07, 6.45) is 2.02. The van der Waals surface area contributed by atoms with E-state index >= 15 is 0 Å². The first kappa shape index (κ1) is 43.3. The molecule has 0 fully saturated rings. The maximum atomic E-state index is 6.81. The molecule has 0 amide bonds.